The van der Waals surface area contributed by atoms with Gasteiger partial charge in [-0.05, 0) is 81.0 Å². The van der Waals surface area contributed by atoms with Gasteiger partial charge in [-0.15, -0.1) is 0 Å². The van der Waals surface area contributed by atoms with E-state index in [2.05, 4.69) is 48.7 Å². The number of carbonyl (C=O) groups is 1. The molecule has 262 valence electrons. The summed E-state index contributed by atoms with van der Waals surface area (Å²) in [5, 5.41) is 0. The molecule has 8 nitrogen and oxygen atoms in total. The Morgan fingerprint density at radius 2 is 1.69 bits per heavy atom. The van der Waals surface area contributed by atoms with Gasteiger partial charge in [-0.3, -0.25) is 9.36 Å². The van der Waals surface area contributed by atoms with E-state index in [0.29, 0.717) is 38.0 Å². The number of aromatic nitrogens is 2. The van der Waals surface area contributed by atoms with Gasteiger partial charge in [-0.1, -0.05) is 85.2 Å². The number of benzene rings is 3. The molecule has 0 radical (unpaired) electrons. The predicted octanol–water partition coefficient (Wildman–Crippen LogP) is 7.41. The number of para-hydroxylation sites is 1. The fourth-order valence-electron chi connectivity index (χ4n) is 7.67. The summed E-state index contributed by atoms with van der Waals surface area (Å²) < 4.78 is 21.5. The first kappa shape index (κ1) is 34.3. The van der Waals surface area contributed by atoms with E-state index in [-0.39, 0.29) is 17.7 Å². The highest BCUT2D eigenvalue weighted by molar-refractivity contribution is 7.07. The van der Waals surface area contributed by atoms with Gasteiger partial charge in [0.25, 0.3) is 5.56 Å². The van der Waals surface area contributed by atoms with E-state index in [9.17, 15) is 9.59 Å². The van der Waals surface area contributed by atoms with Crippen LogP contribution in [0.5, 0.6) is 11.5 Å². The molecule has 0 amide bonds. The molecule has 2 aromatic heterocycles. The van der Waals surface area contributed by atoms with Crippen LogP contribution in [-0.4, -0.2) is 35.9 Å². The van der Waals surface area contributed by atoms with Crippen LogP contribution in [0.3, 0.4) is 0 Å². The van der Waals surface area contributed by atoms with Crippen LogP contribution in [0.4, 0.5) is 0 Å². The van der Waals surface area contributed by atoms with Crippen molar-refractivity contribution in [2.75, 3.05) is 20.8 Å². The molecule has 1 atom stereocenters. The first-order chi connectivity index (χ1) is 24.8. The molecule has 0 unspecified atom stereocenters. The molecule has 0 bridgehead atoms. The van der Waals surface area contributed by atoms with Crippen molar-refractivity contribution in [3.8, 4) is 17.2 Å². The topological polar surface area (TPSA) is 84.1 Å². The second-order valence-corrected chi connectivity index (χ2v) is 14.1. The Hall–Kier alpha value is -5.15. The SMILES string of the molecule is CCOC(=O)C1=C(c2ccccc2)N=c2sc(=Cc3cc(C)n(-c4ccc(C5CCCCC5)cc4)c3C)c(=O)n2[C@@H]1c1cccc(OC)c1OC. The van der Waals surface area contributed by atoms with E-state index in [1.807, 2.05) is 48.5 Å². The summed E-state index contributed by atoms with van der Waals surface area (Å²) in [6.45, 7) is 6.10. The summed E-state index contributed by atoms with van der Waals surface area (Å²) in [5.41, 5.74) is 7.34. The van der Waals surface area contributed by atoms with Crippen LogP contribution < -0.4 is 24.4 Å². The summed E-state index contributed by atoms with van der Waals surface area (Å²) in [4.78, 5) is 34.0. The van der Waals surface area contributed by atoms with Crippen molar-refractivity contribution in [1.29, 1.82) is 0 Å². The highest BCUT2D eigenvalue weighted by Gasteiger charge is 2.37. The number of nitrogens with zero attached hydrogens (tertiary/aromatic N) is 3. The van der Waals surface area contributed by atoms with Crippen LogP contribution >= 0.6 is 11.3 Å². The number of esters is 1. The third kappa shape index (κ3) is 6.35. The Labute approximate surface area is 302 Å². The Kier molecular flexibility index (Phi) is 9.82. The van der Waals surface area contributed by atoms with Crippen LogP contribution in [0.1, 0.15) is 84.6 Å². The Balaban J connectivity index is 1.40. The zero-order chi connectivity index (χ0) is 35.6. The molecule has 1 saturated carbocycles. The van der Waals surface area contributed by atoms with Gasteiger partial charge in [0.1, 0.15) is 6.04 Å². The van der Waals surface area contributed by atoms with Crippen molar-refractivity contribution in [3.05, 3.63) is 138 Å². The van der Waals surface area contributed by atoms with E-state index in [1.165, 1.54) is 49.0 Å². The Morgan fingerprint density at radius 3 is 2.37 bits per heavy atom. The highest BCUT2D eigenvalue weighted by Crippen LogP contribution is 2.42. The third-order valence-corrected chi connectivity index (χ3v) is 11.1. The molecule has 2 aliphatic rings. The molecule has 5 aromatic rings. The zero-order valence-electron chi connectivity index (χ0n) is 29.8. The first-order valence-corrected chi connectivity index (χ1v) is 18.4. The van der Waals surface area contributed by atoms with Crippen LogP contribution in [0.15, 0.2) is 94.2 Å². The van der Waals surface area contributed by atoms with Crippen molar-refractivity contribution in [2.24, 2.45) is 4.99 Å². The van der Waals surface area contributed by atoms with E-state index in [1.54, 1.807) is 31.8 Å². The van der Waals surface area contributed by atoms with Crippen LogP contribution in [0, 0.1) is 13.8 Å². The zero-order valence-corrected chi connectivity index (χ0v) is 30.6. The fraction of sp³-hybridized carbons (Fsp3) is 0.310. The predicted molar refractivity (Wildman–Crippen MR) is 202 cm³/mol. The van der Waals surface area contributed by atoms with E-state index in [0.717, 1.165) is 28.2 Å². The number of carbonyl (C=O) groups excluding carboxylic acids is 1. The number of thiazole rings is 1. The second kappa shape index (κ2) is 14.6. The normalized spacial score (nSPS) is 16.5. The minimum Gasteiger partial charge on any atom is -0.493 e. The smallest absolute Gasteiger partial charge is 0.338 e. The Morgan fingerprint density at radius 1 is 0.941 bits per heavy atom. The van der Waals surface area contributed by atoms with E-state index in [4.69, 9.17) is 19.2 Å². The average Bonchev–Trinajstić information content (AvgIpc) is 3.63. The summed E-state index contributed by atoms with van der Waals surface area (Å²) in [5.74, 6) is 1.00. The van der Waals surface area contributed by atoms with Crippen molar-refractivity contribution in [3.63, 3.8) is 0 Å². The largest absolute Gasteiger partial charge is 0.493 e. The molecule has 0 saturated heterocycles. The molecule has 3 heterocycles. The summed E-state index contributed by atoms with van der Waals surface area (Å²) in [6.07, 6.45) is 8.43. The van der Waals surface area contributed by atoms with Gasteiger partial charge in [-0.25, -0.2) is 9.79 Å². The van der Waals surface area contributed by atoms with Gasteiger partial charge >= 0.3 is 5.97 Å². The van der Waals surface area contributed by atoms with Gasteiger partial charge in [0.2, 0.25) is 0 Å². The molecule has 3 aromatic carbocycles. The van der Waals surface area contributed by atoms with E-state index >= 15 is 0 Å². The number of aryl methyl sites for hydroxylation is 1. The number of ether oxygens (including phenoxy) is 3. The molecule has 7 rings (SSSR count). The van der Waals surface area contributed by atoms with Gasteiger partial charge in [0.15, 0.2) is 16.3 Å². The maximum absolute atomic E-state index is 14.6. The fourth-order valence-corrected chi connectivity index (χ4v) is 8.66. The molecule has 1 aliphatic heterocycles. The molecular formula is C42H43N3O5S. The molecule has 0 N–H and O–H groups in total. The quantitative estimate of drug-likeness (QED) is 0.150. The molecule has 51 heavy (non-hydrogen) atoms. The monoisotopic (exact) mass is 701 g/mol. The highest BCUT2D eigenvalue weighted by atomic mass is 32.1. The van der Waals surface area contributed by atoms with Gasteiger partial charge in [0.05, 0.1) is 36.6 Å². The number of fused-ring (bicyclic) bond motifs is 1. The minimum atomic E-state index is -0.891. The van der Waals surface area contributed by atoms with Crippen LogP contribution in [-0.2, 0) is 9.53 Å². The molecule has 9 heteroatoms. The molecule has 1 fully saturated rings. The van der Waals surface area contributed by atoms with Crippen molar-refractivity contribution >= 4 is 29.1 Å². The average molecular weight is 702 g/mol. The van der Waals surface area contributed by atoms with Gasteiger partial charge in [-0.2, -0.15) is 0 Å². The standard InChI is InChI=1S/C42H43N3O5S/c1-6-50-41(47)36-37(30-16-11-8-12-17-30)43-42-45(38(36)33-18-13-19-34(48-4)39(33)49-5)40(46)35(51-42)25-31-24-26(2)44(27(31)3)32-22-20-29(21-23-32)28-14-9-7-10-15-28/h8,11-13,16-25,28,38H,6-7,9-10,14-15H2,1-5H3/t38-/m1/s1. The lowest BCUT2D eigenvalue weighted by molar-refractivity contribution is -0.138. The second-order valence-electron chi connectivity index (χ2n) is 13.1. The van der Waals surface area contributed by atoms with Crippen molar-refractivity contribution < 1.29 is 19.0 Å². The third-order valence-electron chi connectivity index (χ3n) is 10.1. The lowest BCUT2D eigenvalue weighted by Gasteiger charge is -2.27. The lowest BCUT2D eigenvalue weighted by Crippen LogP contribution is -2.40. The number of rotatable bonds is 9. The number of hydrogen-bond acceptors (Lipinski definition) is 7. The summed E-state index contributed by atoms with van der Waals surface area (Å²) in [6, 6.07) is 25.2. The Bertz CT molecular complexity index is 2290. The maximum atomic E-state index is 14.6. The van der Waals surface area contributed by atoms with Crippen molar-refractivity contribution in [2.45, 2.75) is 64.8 Å². The number of methoxy groups -OCH3 is 2. The molecular weight excluding hydrogens is 659 g/mol. The molecule has 1 aliphatic carbocycles. The molecule has 0 spiro atoms. The summed E-state index contributed by atoms with van der Waals surface area (Å²) >= 11 is 1.30. The summed E-state index contributed by atoms with van der Waals surface area (Å²) in [7, 11) is 3.11. The van der Waals surface area contributed by atoms with Crippen LogP contribution in [0.2, 0.25) is 0 Å². The minimum absolute atomic E-state index is 0.162. The maximum Gasteiger partial charge on any atom is 0.338 e. The van der Waals surface area contributed by atoms with Crippen LogP contribution in [0.25, 0.3) is 17.5 Å². The van der Waals surface area contributed by atoms with E-state index < -0.39 is 12.0 Å². The van der Waals surface area contributed by atoms with Crippen molar-refractivity contribution in [1.82, 2.24) is 9.13 Å². The lowest BCUT2D eigenvalue weighted by atomic mass is 9.84. The van der Waals surface area contributed by atoms with Gasteiger partial charge < -0.3 is 18.8 Å². The van der Waals surface area contributed by atoms with Gasteiger partial charge in [0, 0.05) is 28.2 Å². The number of hydrogen-bond donors (Lipinski definition) is 0. The first-order valence-electron chi connectivity index (χ1n) is 17.6.